The fraction of sp³-hybridized carbons (Fsp3) is 0. The van der Waals surface area contributed by atoms with E-state index in [4.69, 9.17) is 4.55 Å². The molecule has 0 spiro atoms. The van der Waals surface area contributed by atoms with Crippen molar-refractivity contribution >= 4 is 51.2 Å². The summed E-state index contributed by atoms with van der Waals surface area (Å²) in [5, 5.41) is 0. The van der Waals surface area contributed by atoms with Crippen LogP contribution in [0.15, 0.2) is 47.4 Å². The molecule has 1 aliphatic rings. The zero-order valence-corrected chi connectivity index (χ0v) is 13.8. The number of fused-ring (bicyclic) bond motifs is 2. The Morgan fingerprint density at radius 1 is 0.762 bits per heavy atom. The van der Waals surface area contributed by atoms with E-state index in [0.29, 0.717) is 5.56 Å². The van der Waals surface area contributed by atoms with Crippen LogP contribution in [0.25, 0.3) is 0 Å². The quantitative estimate of drug-likeness (QED) is 0.541. The van der Waals surface area contributed by atoms with Gasteiger partial charge in [0.1, 0.15) is 0 Å². The van der Waals surface area contributed by atoms with Crippen molar-refractivity contribution in [3.63, 3.8) is 0 Å². The maximum absolute atomic E-state index is 12.3. The molecule has 5 nitrogen and oxygen atoms in total. The molecule has 101 valence electrons. The Balaban J connectivity index is 0.00000161. The van der Waals surface area contributed by atoms with Gasteiger partial charge in [-0.25, -0.2) is 0 Å². The van der Waals surface area contributed by atoms with Gasteiger partial charge in [-0.15, -0.1) is 0 Å². The molecular weight excluding hydrogens is 303 g/mol. The van der Waals surface area contributed by atoms with Gasteiger partial charge in [-0.05, 0) is 18.2 Å². The van der Waals surface area contributed by atoms with Crippen LogP contribution in [0, 0.1) is 0 Å². The number of hydrogen-bond donors (Lipinski definition) is 1. The second-order valence-corrected chi connectivity index (χ2v) is 5.81. The Morgan fingerprint density at radius 2 is 1.24 bits per heavy atom. The molecule has 0 saturated heterocycles. The molecule has 0 aliphatic heterocycles. The van der Waals surface area contributed by atoms with Crippen molar-refractivity contribution in [2.45, 2.75) is 4.90 Å². The van der Waals surface area contributed by atoms with Gasteiger partial charge in [-0.1, -0.05) is 24.3 Å². The van der Waals surface area contributed by atoms with Crippen LogP contribution in [0.5, 0.6) is 0 Å². The zero-order chi connectivity index (χ0) is 14.5. The third-order valence-electron chi connectivity index (χ3n) is 3.19. The van der Waals surface area contributed by atoms with Gasteiger partial charge >= 0.3 is 0 Å². The first kappa shape index (κ1) is 16.1. The van der Waals surface area contributed by atoms with E-state index in [-0.39, 0.29) is 52.0 Å². The van der Waals surface area contributed by atoms with Crippen LogP contribution in [0.2, 0.25) is 0 Å². The minimum absolute atomic E-state index is 0. The predicted octanol–water partition coefficient (Wildman–Crippen LogP) is 1.33. The minimum atomic E-state index is -4.42. The molecule has 2 aromatic rings. The summed E-state index contributed by atoms with van der Waals surface area (Å²) in [6.07, 6.45) is 0. The van der Waals surface area contributed by atoms with Crippen LogP contribution in [-0.4, -0.2) is 54.1 Å². The van der Waals surface area contributed by atoms with Crippen LogP contribution in [-0.2, 0) is 10.1 Å². The topological polar surface area (TPSA) is 88.5 Å². The third kappa shape index (κ3) is 2.61. The van der Waals surface area contributed by atoms with Crippen molar-refractivity contribution < 1.29 is 22.6 Å². The van der Waals surface area contributed by atoms with E-state index in [0.717, 1.165) is 12.1 Å². The van der Waals surface area contributed by atoms with Crippen molar-refractivity contribution in [3.8, 4) is 0 Å². The smallest absolute Gasteiger partial charge is 0.289 e. The van der Waals surface area contributed by atoms with Crippen molar-refractivity contribution in [1.82, 2.24) is 0 Å². The summed E-state index contributed by atoms with van der Waals surface area (Å²) in [6.45, 7) is 0. The van der Waals surface area contributed by atoms with E-state index < -0.39 is 20.8 Å². The van der Waals surface area contributed by atoms with E-state index in [1.54, 1.807) is 18.2 Å². The predicted molar refractivity (Wildman–Crippen MR) is 75.3 cm³/mol. The largest absolute Gasteiger partial charge is 0.294 e. The summed E-state index contributed by atoms with van der Waals surface area (Å²) in [6, 6.07) is 9.72. The average molecular weight is 311 g/mol. The first-order valence-corrected chi connectivity index (χ1v) is 7.13. The summed E-state index contributed by atoms with van der Waals surface area (Å²) in [4.78, 5) is 24.1. The fourth-order valence-electron chi connectivity index (χ4n) is 2.24. The van der Waals surface area contributed by atoms with E-state index >= 15 is 0 Å². The molecule has 0 amide bonds. The number of carbonyl (C=O) groups excluding carboxylic acids is 2. The normalized spacial score (nSPS) is 13.2. The zero-order valence-electron chi connectivity index (χ0n) is 11.0. The minimum Gasteiger partial charge on any atom is -0.289 e. The fourth-order valence-corrected chi connectivity index (χ4v) is 2.75. The van der Waals surface area contributed by atoms with Crippen LogP contribution in [0.1, 0.15) is 31.8 Å². The molecule has 0 aromatic heterocycles. The van der Waals surface area contributed by atoms with E-state index in [9.17, 15) is 18.0 Å². The molecule has 21 heavy (non-hydrogen) atoms. The van der Waals surface area contributed by atoms with Gasteiger partial charge < -0.3 is 0 Å². The molecule has 0 bridgehead atoms. The Labute approximate surface area is 143 Å². The Morgan fingerprint density at radius 3 is 1.76 bits per heavy atom. The van der Waals surface area contributed by atoms with Crippen molar-refractivity contribution in [2.24, 2.45) is 0 Å². The van der Waals surface area contributed by atoms with E-state index in [2.05, 4.69) is 0 Å². The standard InChI is InChI=1S/C14H8O5S.Na/c15-13-9-3-1-2-4-10(9)14(16)12-7-8(20(17,18)19)5-6-11(12)13;/h1-7H,(H,17,18,19);. The van der Waals surface area contributed by atoms with Crippen LogP contribution >= 0.6 is 0 Å². The van der Waals surface area contributed by atoms with Gasteiger partial charge in [-0.3, -0.25) is 14.1 Å². The first-order chi connectivity index (χ1) is 9.39. The summed E-state index contributed by atoms with van der Waals surface area (Å²) in [7, 11) is -4.42. The van der Waals surface area contributed by atoms with Crippen molar-refractivity contribution in [2.75, 3.05) is 0 Å². The maximum Gasteiger partial charge on any atom is 0.294 e. The molecule has 1 N–H and O–H groups in total. The van der Waals surface area contributed by atoms with E-state index in [1.807, 2.05) is 0 Å². The van der Waals surface area contributed by atoms with Gasteiger partial charge in [0.25, 0.3) is 10.1 Å². The van der Waals surface area contributed by atoms with E-state index in [1.165, 1.54) is 12.1 Å². The Kier molecular flexibility index (Phi) is 4.19. The molecule has 1 aliphatic carbocycles. The second-order valence-electron chi connectivity index (χ2n) is 4.39. The first-order valence-electron chi connectivity index (χ1n) is 5.69. The number of ketones is 2. The summed E-state index contributed by atoms with van der Waals surface area (Å²) in [5.74, 6) is -0.766. The molecule has 3 rings (SSSR count). The van der Waals surface area contributed by atoms with Gasteiger partial charge in [0.2, 0.25) is 0 Å². The van der Waals surface area contributed by atoms with Gasteiger partial charge in [0.15, 0.2) is 11.6 Å². The second kappa shape index (κ2) is 5.47. The molecular formula is C14H8NaO5S. The van der Waals surface area contributed by atoms with Crippen LogP contribution < -0.4 is 0 Å². The van der Waals surface area contributed by atoms with Gasteiger partial charge in [0, 0.05) is 51.8 Å². The summed E-state index contributed by atoms with van der Waals surface area (Å²) in [5.41, 5.74) is 0.659. The third-order valence-corrected chi connectivity index (χ3v) is 4.04. The van der Waals surface area contributed by atoms with Crippen molar-refractivity contribution in [3.05, 3.63) is 64.7 Å². The SMILES string of the molecule is O=C1c2ccccc2C(=O)c2cc(S(=O)(=O)O)ccc21.[Na]. The number of rotatable bonds is 1. The Hall–Kier alpha value is -1.31. The molecule has 7 heteroatoms. The summed E-state index contributed by atoms with van der Waals surface area (Å²) < 4.78 is 31.2. The van der Waals surface area contributed by atoms with Gasteiger partial charge in [0.05, 0.1) is 4.90 Å². The molecule has 2 aromatic carbocycles. The number of benzene rings is 2. The van der Waals surface area contributed by atoms with Crippen LogP contribution in [0.3, 0.4) is 0 Å². The molecule has 0 heterocycles. The Bertz CT molecular complexity index is 871. The molecule has 1 radical (unpaired) electrons. The molecule has 0 fully saturated rings. The molecule has 0 unspecified atom stereocenters. The molecule has 0 atom stereocenters. The number of hydrogen-bond acceptors (Lipinski definition) is 4. The average Bonchev–Trinajstić information content (AvgIpc) is 2.43. The molecule has 0 saturated carbocycles. The summed E-state index contributed by atoms with van der Waals surface area (Å²) >= 11 is 0. The number of carbonyl (C=O) groups is 2. The monoisotopic (exact) mass is 311 g/mol. The van der Waals surface area contributed by atoms with Gasteiger partial charge in [-0.2, -0.15) is 8.42 Å². The maximum atomic E-state index is 12.3. The van der Waals surface area contributed by atoms with Crippen molar-refractivity contribution in [1.29, 1.82) is 0 Å². The van der Waals surface area contributed by atoms with Crippen LogP contribution in [0.4, 0.5) is 0 Å².